The molecule has 0 saturated heterocycles. The number of rotatable bonds is 18. The highest BCUT2D eigenvalue weighted by atomic mass is 16.6. The van der Waals surface area contributed by atoms with E-state index < -0.39 is 17.7 Å². The summed E-state index contributed by atoms with van der Waals surface area (Å²) in [6.45, 7) is 6.06. The highest BCUT2D eigenvalue weighted by Crippen LogP contribution is 2.37. The van der Waals surface area contributed by atoms with Crippen molar-refractivity contribution in [2.24, 2.45) is 11.8 Å². The number of esters is 1. The van der Waals surface area contributed by atoms with Crippen LogP contribution in [0.1, 0.15) is 91.4 Å². The molecule has 1 saturated carbocycles. The lowest BCUT2D eigenvalue weighted by Crippen LogP contribution is -2.52. The van der Waals surface area contributed by atoms with Crippen molar-refractivity contribution in [3.63, 3.8) is 0 Å². The fraction of sp³-hybridized carbons (Fsp3) is 0.815. The highest BCUT2D eigenvalue weighted by molar-refractivity contribution is 5.80. The van der Waals surface area contributed by atoms with Gasteiger partial charge in [0.1, 0.15) is 0 Å². The molecule has 1 rings (SSSR count). The fourth-order valence-electron chi connectivity index (χ4n) is 4.77. The molecule has 0 radical (unpaired) electrons. The average Bonchev–Trinajstić information content (AvgIpc) is 3.16. The molecule has 6 heteroatoms. The summed E-state index contributed by atoms with van der Waals surface area (Å²) < 4.78 is 11.0. The van der Waals surface area contributed by atoms with Gasteiger partial charge in [0, 0.05) is 6.61 Å². The largest absolute Gasteiger partial charge is 0.464 e. The number of aliphatic hydroxyl groups excluding tert-OH is 3. The number of allylic oxidation sites excluding steroid dienone is 4. The lowest BCUT2D eigenvalue weighted by atomic mass is 9.86. The van der Waals surface area contributed by atoms with Crippen molar-refractivity contribution in [3.8, 4) is 0 Å². The summed E-state index contributed by atoms with van der Waals surface area (Å²) in [7, 11) is 0. The average molecular weight is 469 g/mol. The van der Waals surface area contributed by atoms with Crippen LogP contribution in [0.5, 0.6) is 0 Å². The van der Waals surface area contributed by atoms with Gasteiger partial charge in [0.05, 0.1) is 25.4 Å². The Kier molecular flexibility index (Phi) is 15.6. The Hall–Kier alpha value is -1.21. The molecule has 6 nitrogen and oxygen atoms in total. The monoisotopic (exact) mass is 468 g/mol. The van der Waals surface area contributed by atoms with Crippen LogP contribution in [0.2, 0.25) is 0 Å². The molecule has 0 spiro atoms. The van der Waals surface area contributed by atoms with Crippen LogP contribution in [-0.2, 0) is 14.3 Å². The van der Waals surface area contributed by atoms with Gasteiger partial charge in [0.2, 0.25) is 0 Å². The maximum atomic E-state index is 12.6. The van der Waals surface area contributed by atoms with Gasteiger partial charge in [-0.2, -0.15) is 0 Å². The normalized spacial score (nSPS) is 23.9. The van der Waals surface area contributed by atoms with Crippen LogP contribution in [0.4, 0.5) is 0 Å². The molecule has 0 bridgehead atoms. The van der Waals surface area contributed by atoms with Gasteiger partial charge in [-0.05, 0) is 76.5 Å². The van der Waals surface area contributed by atoms with Crippen molar-refractivity contribution in [1.29, 1.82) is 0 Å². The van der Waals surface area contributed by atoms with Gasteiger partial charge >= 0.3 is 5.97 Å². The minimum absolute atomic E-state index is 0.0342. The highest BCUT2D eigenvalue weighted by Gasteiger charge is 2.46. The fourth-order valence-corrected chi connectivity index (χ4v) is 4.77. The number of unbranched alkanes of at least 4 members (excludes halogenated alkanes) is 2. The topological polar surface area (TPSA) is 96.2 Å². The Morgan fingerprint density at radius 3 is 2.52 bits per heavy atom. The zero-order valence-corrected chi connectivity index (χ0v) is 21.1. The van der Waals surface area contributed by atoms with Crippen LogP contribution in [0.15, 0.2) is 24.3 Å². The van der Waals surface area contributed by atoms with E-state index in [1.165, 1.54) is 0 Å². The van der Waals surface area contributed by atoms with Crippen molar-refractivity contribution in [1.82, 2.24) is 0 Å². The number of ether oxygens (including phenoxy) is 2. The van der Waals surface area contributed by atoms with E-state index in [1.54, 1.807) is 6.92 Å². The van der Waals surface area contributed by atoms with E-state index in [9.17, 15) is 15.0 Å². The Morgan fingerprint density at radius 2 is 1.85 bits per heavy atom. The molecule has 2 unspecified atom stereocenters. The van der Waals surface area contributed by atoms with E-state index in [1.807, 2.05) is 6.92 Å². The summed E-state index contributed by atoms with van der Waals surface area (Å²) in [4.78, 5) is 12.6. The molecule has 0 aromatic carbocycles. The summed E-state index contributed by atoms with van der Waals surface area (Å²) in [6.07, 6.45) is 16.4. The SMILES string of the molecule is CCC=CCCC=C[C@H]1CC[C@H](O)[C@@H]1CCCCC(O)C(CC)(OCCCO)C(=O)OCC. The molecule has 0 amide bonds. The Bertz CT molecular complexity index is 575. The molecular formula is C27H48O6. The second-order valence-electron chi connectivity index (χ2n) is 9.05. The van der Waals surface area contributed by atoms with Gasteiger partial charge in [-0.15, -0.1) is 0 Å². The smallest absolute Gasteiger partial charge is 0.341 e. The van der Waals surface area contributed by atoms with Crippen LogP contribution in [-0.4, -0.2) is 58.9 Å². The molecule has 33 heavy (non-hydrogen) atoms. The molecule has 5 atom stereocenters. The first-order valence-electron chi connectivity index (χ1n) is 13.1. The molecule has 1 aliphatic rings. The first kappa shape index (κ1) is 29.8. The Morgan fingerprint density at radius 1 is 1.09 bits per heavy atom. The van der Waals surface area contributed by atoms with Gasteiger partial charge in [0.25, 0.3) is 0 Å². The molecule has 192 valence electrons. The zero-order valence-electron chi connectivity index (χ0n) is 21.1. The van der Waals surface area contributed by atoms with Crippen LogP contribution in [0, 0.1) is 11.8 Å². The van der Waals surface area contributed by atoms with E-state index in [4.69, 9.17) is 14.6 Å². The van der Waals surface area contributed by atoms with Crippen molar-refractivity contribution < 1.29 is 29.6 Å². The van der Waals surface area contributed by atoms with E-state index in [0.29, 0.717) is 25.2 Å². The third-order valence-electron chi connectivity index (χ3n) is 6.74. The van der Waals surface area contributed by atoms with Gasteiger partial charge in [0.15, 0.2) is 5.60 Å². The van der Waals surface area contributed by atoms with E-state index in [0.717, 1.165) is 51.4 Å². The van der Waals surface area contributed by atoms with E-state index >= 15 is 0 Å². The molecule has 3 N–H and O–H groups in total. The first-order valence-corrected chi connectivity index (χ1v) is 13.1. The van der Waals surface area contributed by atoms with Crippen LogP contribution in [0.3, 0.4) is 0 Å². The van der Waals surface area contributed by atoms with Gasteiger partial charge in [-0.3, -0.25) is 0 Å². The third-order valence-corrected chi connectivity index (χ3v) is 6.74. The van der Waals surface area contributed by atoms with Gasteiger partial charge in [-0.1, -0.05) is 51.0 Å². The van der Waals surface area contributed by atoms with Gasteiger partial charge in [-0.25, -0.2) is 4.79 Å². The zero-order chi connectivity index (χ0) is 24.5. The number of carbonyl (C=O) groups is 1. The molecule has 0 aromatic rings. The summed E-state index contributed by atoms with van der Waals surface area (Å²) in [5.41, 5.74) is -1.39. The second-order valence-corrected chi connectivity index (χ2v) is 9.05. The van der Waals surface area contributed by atoms with Gasteiger partial charge < -0.3 is 24.8 Å². The number of aliphatic hydroxyl groups is 3. The maximum absolute atomic E-state index is 12.6. The van der Waals surface area contributed by atoms with Crippen molar-refractivity contribution in [2.45, 2.75) is 109 Å². The molecule has 0 heterocycles. The van der Waals surface area contributed by atoms with Crippen LogP contribution >= 0.6 is 0 Å². The molecule has 1 fully saturated rings. The predicted octanol–water partition coefficient (Wildman–Crippen LogP) is 4.71. The first-order chi connectivity index (χ1) is 16.0. The molecule has 0 aliphatic heterocycles. The number of hydrogen-bond donors (Lipinski definition) is 3. The van der Waals surface area contributed by atoms with Crippen molar-refractivity contribution in [3.05, 3.63) is 24.3 Å². The third kappa shape index (κ3) is 9.89. The van der Waals surface area contributed by atoms with E-state index in [2.05, 4.69) is 31.2 Å². The summed E-state index contributed by atoms with van der Waals surface area (Å²) in [5.74, 6) is 0.130. The van der Waals surface area contributed by atoms with Crippen LogP contribution < -0.4 is 0 Å². The summed E-state index contributed by atoms with van der Waals surface area (Å²) in [6, 6.07) is 0. The minimum atomic E-state index is -1.39. The van der Waals surface area contributed by atoms with Crippen molar-refractivity contribution in [2.75, 3.05) is 19.8 Å². The second kappa shape index (κ2) is 17.3. The number of hydrogen-bond acceptors (Lipinski definition) is 6. The lowest BCUT2D eigenvalue weighted by molar-refractivity contribution is -0.191. The molecule has 0 aromatic heterocycles. The maximum Gasteiger partial charge on any atom is 0.341 e. The number of carbonyl (C=O) groups excluding carboxylic acids is 1. The standard InChI is InChI=1S/C27H48O6/c1-4-7-8-9-10-11-15-22-18-19-24(29)23(22)16-12-13-17-25(30)27(5-2,26(31)32-6-3)33-21-14-20-28/h7-8,11,15,22-25,28-30H,4-6,9-10,12-14,16-21H2,1-3H3/t22-,23+,24-,25?,27?/m0/s1. The summed E-state index contributed by atoms with van der Waals surface area (Å²) in [5, 5.41) is 30.4. The van der Waals surface area contributed by atoms with Crippen molar-refractivity contribution >= 4 is 5.97 Å². The molecule has 1 aliphatic carbocycles. The van der Waals surface area contributed by atoms with E-state index in [-0.39, 0.29) is 31.8 Å². The minimum Gasteiger partial charge on any atom is -0.464 e. The summed E-state index contributed by atoms with van der Waals surface area (Å²) >= 11 is 0. The van der Waals surface area contributed by atoms with Crippen LogP contribution in [0.25, 0.3) is 0 Å². The molecular weight excluding hydrogens is 420 g/mol. The lowest BCUT2D eigenvalue weighted by Gasteiger charge is -2.35. The predicted molar refractivity (Wildman–Crippen MR) is 132 cm³/mol. The Labute approximate surface area is 201 Å². The Balaban J connectivity index is 2.57. The quantitative estimate of drug-likeness (QED) is 0.153.